The van der Waals surface area contributed by atoms with E-state index in [2.05, 4.69) is 239 Å². The van der Waals surface area contributed by atoms with E-state index >= 15 is 0 Å². The van der Waals surface area contributed by atoms with Crippen LogP contribution in [0.5, 0.6) is 0 Å². The zero-order valence-corrected chi connectivity index (χ0v) is 42.3. The van der Waals surface area contributed by atoms with Crippen molar-refractivity contribution in [1.82, 2.24) is 0 Å². The Balaban J connectivity index is 2.63. The second-order valence-electron chi connectivity index (χ2n) is 25.6. The summed E-state index contributed by atoms with van der Waals surface area (Å²) >= 11 is 0. The molecule has 312 valence electrons. The first kappa shape index (κ1) is 47.0. The molecule has 4 aromatic rings. The molecule has 0 heterocycles. The molecule has 0 aliphatic carbocycles. The quantitative estimate of drug-likeness (QED) is 0.181. The fourth-order valence-electron chi connectivity index (χ4n) is 8.36. The number of rotatable bonds is 4. The summed E-state index contributed by atoms with van der Waals surface area (Å²) in [6.45, 7) is 57.7. The van der Waals surface area contributed by atoms with Crippen LogP contribution < -0.4 is 21.2 Å². The first-order valence-electron chi connectivity index (χ1n) is 21.8. The molecular weight excluding hydrogens is 704 g/mol. The zero-order valence-electron chi connectivity index (χ0n) is 41.4. The van der Waals surface area contributed by atoms with Gasteiger partial charge in [0.1, 0.15) is 28.5 Å². The van der Waals surface area contributed by atoms with Gasteiger partial charge in [0.15, 0.2) is 0 Å². The molecule has 0 bridgehead atoms. The molecule has 0 amide bonds. The van der Waals surface area contributed by atoms with Crippen LogP contribution in [0, 0.1) is 0 Å². The minimum atomic E-state index is -2.73. The molecule has 0 unspecified atom stereocenters. The van der Waals surface area contributed by atoms with Crippen molar-refractivity contribution in [2.24, 2.45) is 0 Å². The molecule has 0 radical (unpaired) electrons. The van der Waals surface area contributed by atoms with E-state index < -0.39 is 7.26 Å². The van der Waals surface area contributed by atoms with Crippen LogP contribution in [0.1, 0.15) is 211 Å². The summed E-state index contributed by atoms with van der Waals surface area (Å²) in [5, 5.41) is 6.00. The van der Waals surface area contributed by atoms with Crippen LogP contribution >= 0.6 is 7.26 Å². The highest BCUT2D eigenvalue weighted by Crippen LogP contribution is 2.61. The Bertz CT molecular complexity index is 1770. The minimum Gasteiger partial charge on any atom is -0.0561 e. The first-order valence-corrected chi connectivity index (χ1v) is 23.6. The van der Waals surface area contributed by atoms with Crippen molar-refractivity contribution in [3.63, 3.8) is 0 Å². The highest BCUT2D eigenvalue weighted by molar-refractivity contribution is 8.01. The van der Waals surface area contributed by atoms with Crippen molar-refractivity contribution in [2.45, 2.75) is 209 Å². The van der Waals surface area contributed by atoms with Gasteiger partial charge in [-0.3, -0.25) is 0 Å². The largest absolute Gasteiger partial charge is 0.145 e. The highest BCUT2D eigenvalue weighted by Gasteiger charge is 2.56. The molecule has 0 aliphatic rings. The van der Waals surface area contributed by atoms with E-state index in [1.165, 1.54) is 65.7 Å². The van der Waals surface area contributed by atoms with E-state index in [0.29, 0.717) is 0 Å². The van der Waals surface area contributed by atoms with Crippen molar-refractivity contribution >= 4 is 28.5 Å². The van der Waals surface area contributed by atoms with Crippen LogP contribution in [-0.4, -0.2) is 0 Å². The van der Waals surface area contributed by atoms with Crippen molar-refractivity contribution in [3.8, 4) is 0 Å². The molecular formula is C56H84P+. The Morgan fingerprint density at radius 1 is 0.228 bits per heavy atom. The summed E-state index contributed by atoms with van der Waals surface area (Å²) in [6, 6.07) is 30.8. The van der Waals surface area contributed by atoms with E-state index in [0.717, 1.165) is 0 Å². The summed E-state index contributed by atoms with van der Waals surface area (Å²) < 4.78 is 0. The minimum absolute atomic E-state index is 0.0143. The number of hydrogen-bond donors (Lipinski definition) is 0. The summed E-state index contributed by atoms with van der Waals surface area (Å²) in [6.07, 6.45) is 0. The van der Waals surface area contributed by atoms with Gasteiger partial charge < -0.3 is 0 Å². The van der Waals surface area contributed by atoms with Gasteiger partial charge in [-0.05, 0) is 89.8 Å². The second kappa shape index (κ2) is 14.8. The van der Waals surface area contributed by atoms with Gasteiger partial charge >= 0.3 is 0 Å². The molecule has 0 aromatic heterocycles. The standard InChI is InChI=1S/C56H84P/c1-49(2,3)37-25-29-45(41(33-37)53(13,14)15)57(46-30-26-38(50(4,5)6)34-42(46)54(16,17)18,47-31-27-39(51(7,8)9)35-43(47)55(19,20)21)48-32-28-40(52(10,11)12)36-44(48)56(22,23)24/h25-36H,1-24H3/q+1. The van der Waals surface area contributed by atoms with Crippen molar-refractivity contribution in [3.05, 3.63) is 117 Å². The van der Waals surface area contributed by atoms with Crippen LogP contribution in [0.3, 0.4) is 0 Å². The Labute approximate surface area is 353 Å². The van der Waals surface area contributed by atoms with Gasteiger partial charge in [0.2, 0.25) is 0 Å². The van der Waals surface area contributed by atoms with Gasteiger partial charge in [-0.1, -0.05) is 215 Å². The lowest BCUT2D eigenvalue weighted by Crippen LogP contribution is -2.48. The lowest BCUT2D eigenvalue weighted by molar-refractivity contribution is 0.570. The SMILES string of the molecule is CC(C)(C)c1ccc([P+](c2ccc(C(C)(C)C)cc2C(C)(C)C)(c2ccc(C(C)(C)C)cc2C(C)(C)C)c2ccc(C(C)(C)C)cc2C(C)(C)C)c(C(C)(C)C)c1. The normalized spacial score (nSPS) is 14.3. The molecule has 0 spiro atoms. The summed E-state index contributed by atoms with van der Waals surface area (Å²) in [7, 11) is -2.73. The van der Waals surface area contributed by atoms with E-state index in [1.54, 1.807) is 0 Å². The van der Waals surface area contributed by atoms with Crippen LogP contribution in [0.2, 0.25) is 0 Å². The lowest BCUT2D eigenvalue weighted by Gasteiger charge is -2.41. The van der Waals surface area contributed by atoms with E-state index in [4.69, 9.17) is 0 Å². The Morgan fingerprint density at radius 3 is 0.509 bits per heavy atom. The van der Waals surface area contributed by atoms with Crippen LogP contribution in [-0.2, 0) is 43.3 Å². The smallest absolute Gasteiger partial charge is 0.0561 e. The summed E-state index contributed by atoms with van der Waals surface area (Å²) in [5.41, 5.74) is 11.0. The van der Waals surface area contributed by atoms with Gasteiger partial charge in [0, 0.05) is 22.3 Å². The Kier molecular flexibility index (Phi) is 12.2. The average molecular weight is 788 g/mol. The molecule has 4 aromatic carbocycles. The molecule has 0 saturated carbocycles. The fourth-order valence-corrected chi connectivity index (χ4v) is 14.2. The average Bonchev–Trinajstić information content (AvgIpc) is 3.01. The molecule has 0 fully saturated rings. The summed E-state index contributed by atoms with van der Waals surface area (Å²) in [4.78, 5) is 0. The maximum atomic E-state index is 2.60. The van der Waals surface area contributed by atoms with Crippen LogP contribution in [0.25, 0.3) is 0 Å². The monoisotopic (exact) mass is 788 g/mol. The lowest BCUT2D eigenvalue weighted by atomic mass is 9.80. The third-order valence-electron chi connectivity index (χ3n) is 12.1. The van der Waals surface area contributed by atoms with E-state index in [-0.39, 0.29) is 43.3 Å². The summed E-state index contributed by atoms with van der Waals surface area (Å²) in [5.74, 6) is 0. The molecule has 0 N–H and O–H groups in total. The predicted octanol–water partition coefficient (Wildman–Crippen LogP) is 14.7. The number of benzene rings is 4. The van der Waals surface area contributed by atoms with Gasteiger partial charge in [0.05, 0.1) is 0 Å². The third-order valence-corrected chi connectivity index (χ3v) is 16.6. The van der Waals surface area contributed by atoms with Gasteiger partial charge in [-0.15, -0.1) is 0 Å². The Hall–Kier alpha value is -2.69. The van der Waals surface area contributed by atoms with Crippen LogP contribution in [0.15, 0.2) is 72.8 Å². The maximum Gasteiger partial charge on any atom is 0.145 e. The van der Waals surface area contributed by atoms with Gasteiger partial charge in [-0.2, -0.15) is 0 Å². The molecule has 0 saturated heterocycles. The van der Waals surface area contributed by atoms with Crippen LogP contribution in [0.4, 0.5) is 0 Å². The molecule has 57 heavy (non-hydrogen) atoms. The van der Waals surface area contributed by atoms with Crippen molar-refractivity contribution in [2.75, 3.05) is 0 Å². The molecule has 0 aliphatic heterocycles. The molecule has 1 heteroatoms. The fraction of sp³-hybridized carbons (Fsp3) is 0.571. The van der Waals surface area contributed by atoms with Crippen molar-refractivity contribution in [1.29, 1.82) is 0 Å². The third kappa shape index (κ3) is 9.54. The second-order valence-corrected chi connectivity index (χ2v) is 28.9. The topological polar surface area (TPSA) is 0 Å². The first-order chi connectivity index (χ1) is 25.3. The zero-order chi connectivity index (χ0) is 43.9. The maximum absolute atomic E-state index is 2.73. The predicted molar refractivity (Wildman–Crippen MR) is 261 cm³/mol. The molecule has 4 rings (SSSR count). The van der Waals surface area contributed by atoms with Gasteiger partial charge in [0.25, 0.3) is 0 Å². The highest BCUT2D eigenvalue weighted by atomic mass is 31.2. The van der Waals surface area contributed by atoms with E-state index in [9.17, 15) is 0 Å². The van der Waals surface area contributed by atoms with E-state index in [1.807, 2.05) is 0 Å². The Morgan fingerprint density at radius 2 is 0.386 bits per heavy atom. The van der Waals surface area contributed by atoms with Gasteiger partial charge in [-0.25, -0.2) is 0 Å². The molecule has 0 nitrogen and oxygen atoms in total. The van der Waals surface area contributed by atoms with Crippen molar-refractivity contribution < 1.29 is 0 Å². The number of hydrogen-bond acceptors (Lipinski definition) is 0. The molecule has 0 atom stereocenters.